The fourth-order valence-corrected chi connectivity index (χ4v) is 2.94. The molecule has 24 heavy (non-hydrogen) atoms. The van der Waals surface area contributed by atoms with E-state index in [0.717, 1.165) is 4.31 Å². The topological polar surface area (TPSA) is 90.3 Å². The number of carbonyl (C=O) groups excluding carboxylic acids is 1. The highest BCUT2D eigenvalue weighted by atomic mass is 35.5. The van der Waals surface area contributed by atoms with Crippen LogP contribution in [0.15, 0.2) is 47.4 Å². The lowest BCUT2D eigenvalue weighted by atomic mass is 10.2. The van der Waals surface area contributed by atoms with Crippen LogP contribution in [-0.4, -0.2) is 32.7 Å². The van der Waals surface area contributed by atoms with E-state index in [1.165, 1.54) is 50.5 Å². The largest absolute Gasteiger partial charge is 0.322 e. The van der Waals surface area contributed by atoms with Gasteiger partial charge in [-0.05, 0) is 42.5 Å². The molecule has 124 valence electrons. The summed E-state index contributed by atoms with van der Waals surface area (Å²) in [5.74, 6) is -0.421. The van der Waals surface area contributed by atoms with Crippen LogP contribution in [0.4, 0.5) is 5.69 Å². The Labute approximate surface area is 145 Å². The molecule has 2 aromatic carbocycles. The number of amides is 1. The van der Waals surface area contributed by atoms with E-state index in [1.54, 1.807) is 6.07 Å². The number of nitrogens with zero attached hydrogens (tertiary/aromatic N) is 2. The Bertz CT molecular complexity index is 917. The molecule has 0 saturated heterocycles. The Morgan fingerprint density at radius 2 is 1.79 bits per heavy atom. The molecule has 0 radical (unpaired) electrons. The monoisotopic (exact) mass is 363 g/mol. The van der Waals surface area contributed by atoms with E-state index in [0.29, 0.717) is 16.3 Å². The van der Waals surface area contributed by atoms with Gasteiger partial charge >= 0.3 is 0 Å². The standard InChI is InChI=1S/C16H14ClN3O3S/c1-20(2)24(22,23)14-6-3-11(4-7-14)16(21)19-13-5-8-15(17)12(9-13)10-18/h3-9H,1-2H3,(H,19,21). The SMILES string of the molecule is CN(C)S(=O)(=O)c1ccc(C(=O)Nc2ccc(Cl)c(C#N)c2)cc1. The van der Waals surface area contributed by atoms with Crippen LogP contribution in [0, 0.1) is 11.3 Å². The summed E-state index contributed by atoms with van der Waals surface area (Å²) in [7, 11) is -0.674. The van der Waals surface area contributed by atoms with Gasteiger partial charge in [0.1, 0.15) is 6.07 Å². The van der Waals surface area contributed by atoms with Gasteiger partial charge in [0.15, 0.2) is 0 Å². The highest BCUT2D eigenvalue weighted by Gasteiger charge is 2.17. The lowest BCUT2D eigenvalue weighted by molar-refractivity contribution is 0.102. The Kier molecular flexibility index (Phi) is 5.24. The number of nitrogens with one attached hydrogen (secondary N) is 1. The van der Waals surface area contributed by atoms with Crippen molar-refractivity contribution in [3.63, 3.8) is 0 Å². The van der Waals surface area contributed by atoms with Gasteiger partial charge in [0.2, 0.25) is 10.0 Å². The molecule has 2 rings (SSSR count). The lowest BCUT2D eigenvalue weighted by Crippen LogP contribution is -2.22. The zero-order chi connectivity index (χ0) is 17.9. The first-order valence-electron chi connectivity index (χ1n) is 6.79. The fraction of sp³-hybridized carbons (Fsp3) is 0.125. The van der Waals surface area contributed by atoms with Crippen molar-refractivity contribution in [3.05, 3.63) is 58.6 Å². The first-order chi connectivity index (χ1) is 11.3. The molecule has 0 bridgehead atoms. The molecule has 0 aromatic heterocycles. The number of hydrogen-bond acceptors (Lipinski definition) is 4. The molecule has 0 spiro atoms. The smallest absolute Gasteiger partial charge is 0.255 e. The Hall–Kier alpha value is -2.40. The number of benzene rings is 2. The molecule has 0 atom stereocenters. The number of carbonyl (C=O) groups is 1. The Morgan fingerprint density at radius 3 is 2.33 bits per heavy atom. The number of nitriles is 1. The summed E-state index contributed by atoms with van der Waals surface area (Å²) in [6.07, 6.45) is 0. The van der Waals surface area contributed by atoms with E-state index in [4.69, 9.17) is 16.9 Å². The predicted molar refractivity (Wildman–Crippen MR) is 91.4 cm³/mol. The quantitative estimate of drug-likeness (QED) is 0.904. The second-order valence-corrected chi connectivity index (χ2v) is 7.63. The molecule has 1 amide bonds. The van der Waals surface area contributed by atoms with Crippen molar-refractivity contribution in [2.75, 3.05) is 19.4 Å². The number of rotatable bonds is 4. The Morgan fingerprint density at radius 1 is 1.17 bits per heavy atom. The van der Waals surface area contributed by atoms with E-state index < -0.39 is 15.9 Å². The van der Waals surface area contributed by atoms with Crippen LogP contribution in [0.3, 0.4) is 0 Å². The van der Waals surface area contributed by atoms with E-state index in [9.17, 15) is 13.2 Å². The van der Waals surface area contributed by atoms with Crippen molar-refractivity contribution in [2.45, 2.75) is 4.90 Å². The van der Waals surface area contributed by atoms with Crippen molar-refractivity contribution in [1.29, 1.82) is 5.26 Å². The normalized spacial score (nSPS) is 11.1. The van der Waals surface area contributed by atoms with E-state index >= 15 is 0 Å². The number of hydrogen-bond donors (Lipinski definition) is 1. The first kappa shape index (κ1) is 17.9. The third-order valence-electron chi connectivity index (χ3n) is 3.24. The summed E-state index contributed by atoms with van der Waals surface area (Å²) in [5.41, 5.74) is 0.967. The van der Waals surface area contributed by atoms with Crippen molar-refractivity contribution in [2.24, 2.45) is 0 Å². The van der Waals surface area contributed by atoms with Crippen LogP contribution in [0.5, 0.6) is 0 Å². The molecule has 0 fully saturated rings. The molecule has 8 heteroatoms. The molecule has 0 unspecified atom stereocenters. The highest BCUT2D eigenvalue weighted by molar-refractivity contribution is 7.89. The molecule has 0 aliphatic rings. The number of halogens is 1. The third-order valence-corrected chi connectivity index (χ3v) is 5.40. The molecular formula is C16H14ClN3O3S. The summed E-state index contributed by atoms with van der Waals surface area (Å²) in [4.78, 5) is 12.3. The maximum absolute atomic E-state index is 12.2. The highest BCUT2D eigenvalue weighted by Crippen LogP contribution is 2.20. The van der Waals surface area contributed by atoms with Crippen LogP contribution in [0.25, 0.3) is 0 Å². The molecular weight excluding hydrogens is 350 g/mol. The average Bonchev–Trinajstić information content (AvgIpc) is 2.56. The maximum Gasteiger partial charge on any atom is 0.255 e. The summed E-state index contributed by atoms with van der Waals surface area (Å²) in [6, 6.07) is 12.1. The zero-order valence-electron chi connectivity index (χ0n) is 12.9. The summed E-state index contributed by atoms with van der Waals surface area (Å²) >= 11 is 5.84. The van der Waals surface area contributed by atoms with E-state index in [2.05, 4.69) is 5.32 Å². The fourth-order valence-electron chi connectivity index (χ4n) is 1.88. The van der Waals surface area contributed by atoms with Gasteiger partial charge in [0, 0.05) is 25.3 Å². The van der Waals surface area contributed by atoms with Crippen LogP contribution in [-0.2, 0) is 10.0 Å². The molecule has 0 heterocycles. The molecule has 0 saturated carbocycles. The van der Waals surface area contributed by atoms with Gasteiger partial charge in [0.05, 0.1) is 15.5 Å². The van der Waals surface area contributed by atoms with Gasteiger partial charge in [0.25, 0.3) is 5.91 Å². The molecule has 2 aromatic rings. The average molecular weight is 364 g/mol. The molecule has 6 nitrogen and oxygen atoms in total. The minimum absolute atomic E-state index is 0.0994. The maximum atomic E-state index is 12.2. The van der Waals surface area contributed by atoms with Crippen molar-refractivity contribution in [3.8, 4) is 6.07 Å². The number of anilines is 1. The summed E-state index contributed by atoms with van der Waals surface area (Å²) < 4.78 is 25.1. The van der Waals surface area contributed by atoms with Gasteiger partial charge in [-0.3, -0.25) is 4.79 Å². The van der Waals surface area contributed by atoms with Crippen molar-refractivity contribution in [1.82, 2.24) is 4.31 Å². The zero-order valence-corrected chi connectivity index (χ0v) is 14.5. The second kappa shape index (κ2) is 7.01. The van der Waals surface area contributed by atoms with Crippen LogP contribution < -0.4 is 5.32 Å². The minimum Gasteiger partial charge on any atom is -0.322 e. The van der Waals surface area contributed by atoms with Gasteiger partial charge in [-0.2, -0.15) is 5.26 Å². The summed E-state index contributed by atoms with van der Waals surface area (Å²) in [5, 5.41) is 11.9. The third kappa shape index (κ3) is 3.74. The van der Waals surface area contributed by atoms with Gasteiger partial charge in [-0.25, -0.2) is 12.7 Å². The minimum atomic E-state index is -3.54. The molecule has 1 N–H and O–H groups in total. The van der Waals surface area contributed by atoms with E-state index in [1.807, 2.05) is 6.07 Å². The second-order valence-electron chi connectivity index (χ2n) is 5.07. The van der Waals surface area contributed by atoms with Crippen LogP contribution in [0.1, 0.15) is 15.9 Å². The Balaban J connectivity index is 2.21. The van der Waals surface area contributed by atoms with Gasteiger partial charge in [-0.1, -0.05) is 11.6 Å². The van der Waals surface area contributed by atoms with Crippen molar-refractivity contribution < 1.29 is 13.2 Å². The number of sulfonamides is 1. The van der Waals surface area contributed by atoms with Gasteiger partial charge < -0.3 is 5.32 Å². The van der Waals surface area contributed by atoms with E-state index in [-0.39, 0.29) is 10.5 Å². The van der Waals surface area contributed by atoms with Crippen molar-refractivity contribution >= 4 is 33.2 Å². The van der Waals surface area contributed by atoms with Gasteiger partial charge in [-0.15, -0.1) is 0 Å². The van der Waals surface area contributed by atoms with Crippen LogP contribution >= 0.6 is 11.6 Å². The summed E-state index contributed by atoms with van der Waals surface area (Å²) in [6.45, 7) is 0. The molecule has 0 aliphatic carbocycles. The molecule has 0 aliphatic heterocycles. The first-order valence-corrected chi connectivity index (χ1v) is 8.61. The lowest BCUT2D eigenvalue weighted by Gasteiger charge is -2.11. The predicted octanol–water partition coefficient (Wildman–Crippen LogP) is 2.71. The van der Waals surface area contributed by atoms with Crippen LogP contribution in [0.2, 0.25) is 5.02 Å².